The molecule has 1 N–H and O–H groups in total. The van der Waals surface area contributed by atoms with Gasteiger partial charge in [0.1, 0.15) is 11.6 Å². The monoisotopic (exact) mass is 437 g/mol. The molecule has 1 aromatic heterocycles. The van der Waals surface area contributed by atoms with Crippen molar-refractivity contribution in [1.82, 2.24) is 19.8 Å². The van der Waals surface area contributed by atoms with Gasteiger partial charge in [-0.2, -0.15) is 9.97 Å². The predicted molar refractivity (Wildman–Crippen MR) is 123 cm³/mol. The van der Waals surface area contributed by atoms with Crippen LogP contribution in [0.15, 0.2) is 30.9 Å². The number of benzene rings is 1. The van der Waals surface area contributed by atoms with Gasteiger partial charge in [-0.15, -0.1) is 0 Å². The van der Waals surface area contributed by atoms with Crippen LogP contribution < -0.4 is 9.64 Å². The lowest BCUT2D eigenvalue weighted by atomic mass is 10.0. The zero-order valence-electron chi connectivity index (χ0n) is 19.2. The van der Waals surface area contributed by atoms with Gasteiger partial charge in [0, 0.05) is 50.4 Å². The zero-order chi connectivity index (χ0) is 23.0. The van der Waals surface area contributed by atoms with Crippen molar-refractivity contribution in [1.29, 1.82) is 0 Å². The van der Waals surface area contributed by atoms with Crippen molar-refractivity contribution in [2.24, 2.45) is 0 Å². The van der Waals surface area contributed by atoms with E-state index in [0.29, 0.717) is 38.7 Å². The Morgan fingerprint density at radius 1 is 1.31 bits per heavy atom. The number of rotatable bonds is 5. The minimum absolute atomic E-state index is 0.0384. The quantitative estimate of drug-likeness (QED) is 0.721. The number of aromatic nitrogens is 2. The highest BCUT2D eigenvalue weighted by molar-refractivity contribution is 5.87. The van der Waals surface area contributed by atoms with Crippen LogP contribution in [-0.4, -0.2) is 63.6 Å². The summed E-state index contributed by atoms with van der Waals surface area (Å²) in [5.41, 5.74) is 4.31. The Hall–Kier alpha value is -3.13. The minimum Gasteiger partial charge on any atom is -0.508 e. The molecule has 2 atom stereocenters. The van der Waals surface area contributed by atoms with Crippen molar-refractivity contribution in [3.05, 3.63) is 53.2 Å². The number of methoxy groups -OCH3 is 1. The first-order valence-corrected chi connectivity index (χ1v) is 11.0. The molecule has 8 heteroatoms. The standard InChI is InChI=1S/C24H31N5O3/c1-6-22(31)27-9-10-29(16(3)12-27)23-20-13-28(14-21(20)25-24(26-23)32-5)17(4)19-11-18(30)8-7-15(19)2/h6-8,11,16-17,30H,1,9-10,12-14H2,2-5H3. The van der Waals surface area contributed by atoms with Crippen molar-refractivity contribution >= 4 is 11.7 Å². The van der Waals surface area contributed by atoms with Crippen molar-refractivity contribution in [3.8, 4) is 11.8 Å². The number of carbonyl (C=O) groups is 1. The Bertz CT molecular complexity index is 1040. The maximum atomic E-state index is 12.1. The van der Waals surface area contributed by atoms with E-state index in [1.165, 1.54) is 6.08 Å². The molecule has 2 aliphatic heterocycles. The van der Waals surface area contributed by atoms with Crippen LogP contribution in [0.25, 0.3) is 0 Å². The van der Waals surface area contributed by atoms with Gasteiger partial charge in [0.25, 0.3) is 0 Å². The second kappa shape index (κ2) is 8.78. The van der Waals surface area contributed by atoms with Crippen molar-refractivity contribution in [2.45, 2.75) is 45.9 Å². The van der Waals surface area contributed by atoms with Gasteiger partial charge in [0.2, 0.25) is 5.91 Å². The molecular formula is C24H31N5O3. The second-order valence-corrected chi connectivity index (χ2v) is 8.61. The third kappa shape index (κ3) is 4.02. The number of nitrogens with zero attached hydrogens (tertiary/aromatic N) is 5. The number of phenols is 1. The Balaban J connectivity index is 1.62. The van der Waals surface area contributed by atoms with Crippen LogP contribution in [0.2, 0.25) is 0 Å². The van der Waals surface area contributed by atoms with Crippen LogP contribution in [0.5, 0.6) is 11.8 Å². The van der Waals surface area contributed by atoms with E-state index in [2.05, 4.69) is 42.1 Å². The first-order chi connectivity index (χ1) is 15.3. The molecule has 1 amide bonds. The normalized spacial score (nSPS) is 19.6. The van der Waals surface area contributed by atoms with Crippen LogP contribution >= 0.6 is 0 Å². The number of aromatic hydroxyl groups is 1. The third-order valence-electron chi connectivity index (χ3n) is 6.59. The first kappa shape index (κ1) is 22.1. The van der Waals surface area contributed by atoms with E-state index in [1.54, 1.807) is 13.2 Å². The summed E-state index contributed by atoms with van der Waals surface area (Å²) in [4.78, 5) is 27.9. The highest BCUT2D eigenvalue weighted by atomic mass is 16.5. The fourth-order valence-electron chi connectivity index (χ4n) is 4.72. The average molecular weight is 438 g/mol. The van der Waals surface area contributed by atoms with Crippen LogP contribution in [-0.2, 0) is 17.9 Å². The zero-order valence-corrected chi connectivity index (χ0v) is 19.2. The summed E-state index contributed by atoms with van der Waals surface area (Å²) in [5, 5.41) is 9.99. The molecule has 1 fully saturated rings. The topological polar surface area (TPSA) is 82.0 Å². The Morgan fingerprint density at radius 3 is 2.78 bits per heavy atom. The number of carbonyl (C=O) groups excluding carboxylic acids is 1. The van der Waals surface area contributed by atoms with Gasteiger partial charge in [-0.05, 0) is 50.1 Å². The van der Waals surface area contributed by atoms with Crippen molar-refractivity contribution in [2.75, 3.05) is 31.6 Å². The van der Waals surface area contributed by atoms with E-state index in [-0.39, 0.29) is 23.7 Å². The molecule has 1 aromatic carbocycles. The molecule has 0 bridgehead atoms. The van der Waals surface area contributed by atoms with Crippen molar-refractivity contribution < 1.29 is 14.6 Å². The van der Waals surface area contributed by atoms with E-state index >= 15 is 0 Å². The van der Waals surface area contributed by atoms with Crippen LogP contribution in [0, 0.1) is 6.92 Å². The summed E-state index contributed by atoms with van der Waals surface area (Å²) in [5.74, 6) is 1.12. The van der Waals surface area contributed by atoms with E-state index in [4.69, 9.17) is 9.72 Å². The van der Waals surface area contributed by atoms with E-state index in [0.717, 1.165) is 28.2 Å². The predicted octanol–water partition coefficient (Wildman–Crippen LogP) is 2.80. The summed E-state index contributed by atoms with van der Waals surface area (Å²) in [6, 6.07) is 6.08. The second-order valence-electron chi connectivity index (χ2n) is 8.61. The molecule has 0 aliphatic carbocycles. The van der Waals surface area contributed by atoms with Crippen LogP contribution in [0.3, 0.4) is 0 Å². The molecule has 2 aliphatic rings. The number of piperazine rings is 1. The molecule has 32 heavy (non-hydrogen) atoms. The largest absolute Gasteiger partial charge is 0.508 e. The molecule has 170 valence electrons. The summed E-state index contributed by atoms with van der Waals surface area (Å²) in [6.45, 7) is 13.3. The molecule has 0 saturated carbocycles. The van der Waals surface area contributed by atoms with Crippen LogP contribution in [0.1, 0.15) is 42.3 Å². The van der Waals surface area contributed by atoms with Gasteiger partial charge in [-0.25, -0.2) is 0 Å². The maximum Gasteiger partial charge on any atom is 0.318 e. The summed E-state index contributed by atoms with van der Waals surface area (Å²) < 4.78 is 5.42. The number of hydrogen-bond donors (Lipinski definition) is 1. The van der Waals surface area contributed by atoms with Gasteiger partial charge in [-0.3, -0.25) is 9.69 Å². The molecule has 0 radical (unpaired) electrons. The van der Waals surface area contributed by atoms with Crippen molar-refractivity contribution in [3.63, 3.8) is 0 Å². The summed E-state index contributed by atoms with van der Waals surface area (Å²) >= 11 is 0. The number of aryl methyl sites for hydroxylation is 1. The van der Waals surface area contributed by atoms with Gasteiger partial charge in [0.15, 0.2) is 0 Å². The van der Waals surface area contributed by atoms with Gasteiger partial charge < -0.3 is 19.6 Å². The average Bonchev–Trinajstić information content (AvgIpc) is 3.23. The smallest absolute Gasteiger partial charge is 0.318 e. The van der Waals surface area contributed by atoms with Crippen LogP contribution in [0.4, 0.5) is 5.82 Å². The lowest BCUT2D eigenvalue weighted by molar-refractivity contribution is -0.126. The third-order valence-corrected chi connectivity index (χ3v) is 6.59. The SMILES string of the molecule is C=CC(=O)N1CCN(c2nc(OC)nc3c2CN(C(C)c2cc(O)ccc2C)C3)C(C)C1. The molecule has 3 heterocycles. The van der Waals surface area contributed by atoms with E-state index < -0.39 is 0 Å². The molecule has 8 nitrogen and oxygen atoms in total. The fourth-order valence-corrected chi connectivity index (χ4v) is 4.72. The summed E-state index contributed by atoms with van der Waals surface area (Å²) in [7, 11) is 1.58. The maximum absolute atomic E-state index is 12.1. The Kier molecular flexibility index (Phi) is 6.06. The molecular weight excluding hydrogens is 406 g/mol. The minimum atomic E-state index is -0.0384. The molecule has 0 spiro atoms. The highest BCUT2D eigenvalue weighted by Gasteiger charge is 2.34. The highest BCUT2D eigenvalue weighted by Crippen LogP contribution is 2.38. The lowest BCUT2D eigenvalue weighted by Gasteiger charge is -2.40. The fraction of sp³-hybridized carbons (Fsp3) is 0.458. The number of ether oxygens (including phenoxy) is 1. The number of fused-ring (bicyclic) bond motifs is 1. The summed E-state index contributed by atoms with van der Waals surface area (Å²) in [6.07, 6.45) is 1.37. The van der Waals surface area contributed by atoms with Gasteiger partial charge in [-0.1, -0.05) is 12.6 Å². The van der Waals surface area contributed by atoms with Gasteiger partial charge >= 0.3 is 6.01 Å². The Morgan fingerprint density at radius 2 is 2.09 bits per heavy atom. The number of amides is 1. The van der Waals surface area contributed by atoms with Gasteiger partial charge in [0.05, 0.1) is 12.8 Å². The number of hydrogen-bond acceptors (Lipinski definition) is 7. The number of anilines is 1. The van der Waals surface area contributed by atoms with E-state index in [1.807, 2.05) is 17.0 Å². The molecule has 2 aromatic rings. The lowest BCUT2D eigenvalue weighted by Crippen LogP contribution is -2.54. The Labute approximate surface area is 189 Å². The molecule has 2 unspecified atom stereocenters. The number of phenolic OH excluding ortho intramolecular Hbond substituents is 1. The molecule has 4 rings (SSSR count). The van der Waals surface area contributed by atoms with E-state index in [9.17, 15) is 9.90 Å². The first-order valence-electron chi connectivity index (χ1n) is 11.0. The molecule has 1 saturated heterocycles.